The number of hydrogen-bond acceptors (Lipinski definition) is 4. The number of esters is 1. The summed E-state index contributed by atoms with van der Waals surface area (Å²) in [5, 5.41) is 5.95. The Hall–Kier alpha value is -1.91. The minimum Gasteiger partial charge on any atom is -0.468 e. The van der Waals surface area contributed by atoms with Crippen LogP contribution in [-0.4, -0.2) is 49.2 Å². The second-order valence-electron chi connectivity index (χ2n) is 6.85. The molecule has 128 valence electrons. The van der Waals surface area contributed by atoms with Crippen molar-refractivity contribution in [3.05, 3.63) is 48.0 Å². The van der Waals surface area contributed by atoms with E-state index in [1.807, 2.05) is 12.1 Å². The van der Waals surface area contributed by atoms with E-state index >= 15 is 0 Å². The normalized spacial score (nSPS) is 23.1. The number of piperazine rings is 1. The van der Waals surface area contributed by atoms with Gasteiger partial charge >= 0.3 is 5.97 Å². The summed E-state index contributed by atoms with van der Waals surface area (Å²) in [6.45, 7) is 6.04. The Morgan fingerprint density at radius 2 is 1.83 bits per heavy atom. The summed E-state index contributed by atoms with van der Waals surface area (Å²) in [7, 11) is 1.48. The van der Waals surface area contributed by atoms with E-state index in [2.05, 4.69) is 54.4 Å². The maximum Gasteiger partial charge on any atom is 0.323 e. The van der Waals surface area contributed by atoms with Gasteiger partial charge in [0.15, 0.2) is 0 Å². The molecule has 4 nitrogen and oxygen atoms in total. The summed E-state index contributed by atoms with van der Waals surface area (Å²) >= 11 is 0. The first kappa shape index (κ1) is 16.9. The highest BCUT2D eigenvalue weighted by atomic mass is 16.5. The third-order valence-corrected chi connectivity index (χ3v) is 4.74. The molecule has 1 aliphatic rings. The molecular weight excluding hydrogens is 300 g/mol. The molecule has 0 aliphatic carbocycles. The molecule has 24 heavy (non-hydrogen) atoms. The Morgan fingerprint density at radius 3 is 2.50 bits per heavy atom. The van der Waals surface area contributed by atoms with Crippen LogP contribution in [0, 0.1) is 0 Å². The maximum absolute atomic E-state index is 12.4. The third kappa shape index (κ3) is 3.77. The number of rotatable bonds is 4. The Bertz CT molecular complexity index is 706. The van der Waals surface area contributed by atoms with Crippen molar-refractivity contribution in [3.63, 3.8) is 0 Å². The first-order valence-corrected chi connectivity index (χ1v) is 8.62. The van der Waals surface area contributed by atoms with Gasteiger partial charge in [-0.1, -0.05) is 42.5 Å². The zero-order valence-corrected chi connectivity index (χ0v) is 14.7. The Morgan fingerprint density at radius 1 is 1.17 bits per heavy atom. The van der Waals surface area contributed by atoms with E-state index in [1.54, 1.807) is 0 Å². The summed E-state index contributed by atoms with van der Waals surface area (Å²) in [4.78, 5) is 14.7. The zero-order chi connectivity index (χ0) is 17.1. The van der Waals surface area contributed by atoms with Gasteiger partial charge in [-0.2, -0.15) is 0 Å². The molecule has 0 spiro atoms. The fourth-order valence-corrected chi connectivity index (χ4v) is 3.71. The van der Waals surface area contributed by atoms with Crippen molar-refractivity contribution >= 4 is 16.7 Å². The monoisotopic (exact) mass is 326 g/mol. The molecule has 1 fully saturated rings. The van der Waals surface area contributed by atoms with Crippen LogP contribution in [0.4, 0.5) is 0 Å². The van der Waals surface area contributed by atoms with Crippen molar-refractivity contribution < 1.29 is 9.53 Å². The molecule has 3 rings (SSSR count). The number of nitrogens with zero attached hydrogens (tertiary/aromatic N) is 1. The molecule has 2 aromatic rings. The van der Waals surface area contributed by atoms with E-state index in [9.17, 15) is 4.79 Å². The largest absolute Gasteiger partial charge is 0.468 e. The topological polar surface area (TPSA) is 41.6 Å². The lowest BCUT2D eigenvalue weighted by Crippen LogP contribution is -2.59. The molecule has 1 N–H and O–H groups in total. The lowest BCUT2D eigenvalue weighted by molar-refractivity contribution is -0.147. The third-order valence-electron chi connectivity index (χ3n) is 4.74. The molecule has 0 saturated carbocycles. The van der Waals surface area contributed by atoms with Crippen LogP contribution in [0.3, 0.4) is 0 Å². The Labute approximate surface area is 143 Å². The predicted molar refractivity (Wildman–Crippen MR) is 97.1 cm³/mol. The van der Waals surface area contributed by atoms with Crippen molar-refractivity contribution in [2.45, 2.75) is 38.4 Å². The average Bonchev–Trinajstić information content (AvgIpc) is 2.58. The minimum absolute atomic E-state index is 0.149. The van der Waals surface area contributed by atoms with E-state index in [-0.39, 0.29) is 12.0 Å². The lowest BCUT2D eigenvalue weighted by Gasteiger charge is -2.39. The van der Waals surface area contributed by atoms with Crippen LogP contribution in [0.5, 0.6) is 0 Å². The van der Waals surface area contributed by atoms with Gasteiger partial charge in [0.05, 0.1) is 7.11 Å². The average molecular weight is 326 g/mol. The van der Waals surface area contributed by atoms with Crippen molar-refractivity contribution in [1.29, 1.82) is 0 Å². The number of nitrogens with one attached hydrogen (secondary N) is 1. The quantitative estimate of drug-likeness (QED) is 0.877. The van der Waals surface area contributed by atoms with E-state index in [1.165, 1.54) is 23.4 Å². The standard InChI is InChI=1S/C20H26N2O2/c1-14-12-22(13-15(2)21-14)19(20(23)24-3)11-16-8-9-17-6-4-5-7-18(17)10-16/h4-10,14-15,19,21H,11-13H2,1-3H3/t14-,15+,19-/m0/s1. The number of ether oxygens (including phenoxy) is 1. The molecule has 0 radical (unpaired) electrons. The molecule has 2 aromatic carbocycles. The molecule has 1 aliphatic heterocycles. The number of fused-ring (bicyclic) bond motifs is 1. The molecular formula is C20H26N2O2. The highest BCUT2D eigenvalue weighted by molar-refractivity contribution is 5.83. The molecule has 0 amide bonds. The molecule has 0 aromatic heterocycles. The van der Waals surface area contributed by atoms with E-state index in [0.29, 0.717) is 18.5 Å². The Kier molecular flexibility index (Phi) is 5.17. The van der Waals surface area contributed by atoms with E-state index in [4.69, 9.17) is 4.74 Å². The van der Waals surface area contributed by atoms with Gasteiger partial charge in [-0.05, 0) is 36.6 Å². The van der Waals surface area contributed by atoms with Gasteiger partial charge in [-0.25, -0.2) is 0 Å². The van der Waals surface area contributed by atoms with Crippen molar-refractivity contribution in [2.75, 3.05) is 20.2 Å². The summed E-state index contributed by atoms with van der Waals surface area (Å²) in [6, 6.07) is 15.2. The minimum atomic E-state index is -0.233. The number of benzene rings is 2. The maximum atomic E-state index is 12.4. The van der Waals surface area contributed by atoms with Crippen molar-refractivity contribution in [2.24, 2.45) is 0 Å². The SMILES string of the molecule is COC(=O)[C@H](Cc1ccc2ccccc2c1)N1C[C@@H](C)N[C@@H](C)C1. The smallest absolute Gasteiger partial charge is 0.323 e. The number of hydrogen-bond donors (Lipinski definition) is 1. The van der Waals surface area contributed by atoms with Gasteiger partial charge < -0.3 is 10.1 Å². The summed E-state index contributed by atoms with van der Waals surface area (Å²) in [5.74, 6) is -0.149. The first-order chi connectivity index (χ1) is 11.6. The summed E-state index contributed by atoms with van der Waals surface area (Å²) in [6.07, 6.45) is 0.678. The second kappa shape index (κ2) is 7.32. The second-order valence-corrected chi connectivity index (χ2v) is 6.85. The van der Waals surface area contributed by atoms with Crippen molar-refractivity contribution in [3.8, 4) is 0 Å². The van der Waals surface area contributed by atoms with Gasteiger partial charge in [-0.3, -0.25) is 9.69 Å². The van der Waals surface area contributed by atoms with Crippen molar-refractivity contribution in [1.82, 2.24) is 10.2 Å². The van der Waals surface area contributed by atoms with Gasteiger partial charge in [0.2, 0.25) is 0 Å². The highest BCUT2D eigenvalue weighted by Gasteiger charge is 2.32. The van der Waals surface area contributed by atoms with Crippen LogP contribution < -0.4 is 5.32 Å². The molecule has 4 heteroatoms. The van der Waals surface area contributed by atoms with Gasteiger partial charge in [-0.15, -0.1) is 0 Å². The van der Waals surface area contributed by atoms with Gasteiger partial charge in [0.1, 0.15) is 6.04 Å². The van der Waals surface area contributed by atoms with Gasteiger partial charge in [0.25, 0.3) is 0 Å². The van der Waals surface area contributed by atoms with Crippen LogP contribution in [0.15, 0.2) is 42.5 Å². The highest BCUT2D eigenvalue weighted by Crippen LogP contribution is 2.19. The zero-order valence-electron chi connectivity index (χ0n) is 14.7. The summed E-state index contributed by atoms with van der Waals surface area (Å²) in [5.41, 5.74) is 1.17. The first-order valence-electron chi connectivity index (χ1n) is 8.62. The fourth-order valence-electron chi connectivity index (χ4n) is 3.71. The molecule has 1 heterocycles. The lowest BCUT2D eigenvalue weighted by atomic mass is 9.99. The molecule has 0 unspecified atom stereocenters. The van der Waals surface area contributed by atoms with Gasteiger partial charge in [0, 0.05) is 25.2 Å². The van der Waals surface area contributed by atoms with Crippen LogP contribution in [0.2, 0.25) is 0 Å². The number of methoxy groups -OCH3 is 1. The van der Waals surface area contributed by atoms with Crippen LogP contribution in [0.25, 0.3) is 10.8 Å². The molecule has 1 saturated heterocycles. The predicted octanol–water partition coefficient (Wildman–Crippen LogP) is 2.61. The summed E-state index contributed by atoms with van der Waals surface area (Å²) < 4.78 is 5.09. The van der Waals surface area contributed by atoms with E-state index < -0.39 is 0 Å². The van der Waals surface area contributed by atoms with Crippen LogP contribution in [-0.2, 0) is 16.0 Å². The molecule has 0 bridgehead atoms. The fraction of sp³-hybridized carbons (Fsp3) is 0.450. The van der Waals surface area contributed by atoms with Crippen LogP contribution >= 0.6 is 0 Å². The number of carbonyl (C=O) groups excluding carboxylic acids is 1. The van der Waals surface area contributed by atoms with E-state index in [0.717, 1.165) is 13.1 Å². The number of carbonyl (C=O) groups is 1. The Balaban J connectivity index is 1.84. The van der Waals surface area contributed by atoms with Crippen LogP contribution in [0.1, 0.15) is 19.4 Å². The molecule has 3 atom stereocenters.